The zero-order valence-corrected chi connectivity index (χ0v) is 62.3. The maximum absolute atomic E-state index is 12.7. The quantitative estimate of drug-likeness (QED) is 0.0109. The van der Waals surface area contributed by atoms with Crippen molar-refractivity contribution in [1.82, 2.24) is 94.4 Å². The molecule has 13 rings (SSSR count). The minimum atomic E-state index is -4.77. The van der Waals surface area contributed by atoms with E-state index in [1.54, 1.807) is 20.8 Å². The molecule has 7 aromatic rings. The molecule has 0 radical (unpaired) electrons. The normalized spacial score (nSPS) is 28.9. The fourth-order valence-corrected chi connectivity index (χ4v) is 15.4. The van der Waals surface area contributed by atoms with Gasteiger partial charge in [-0.25, -0.2) is 63.0 Å². The number of fused-ring (bicyclic) bond motifs is 3. The number of aromatic nitrogens is 15. The number of carbonyl (C=O) groups excluding carboxylic acids is 3. The Morgan fingerprint density at radius 3 is 1.27 bits per heavy atom. The number of phosphoric acid groups is 3. The third-order valence-corrected chi connectivity index (χ3v) is 20.7. The molecule has 21 atom stereocenters. The molecule has 0 aromatic carbocycles. The topological polar surface area (TPSA) is 796 Å². The lowest BCUT2D eigenvalue weighted by molar-refractivity contribution is -0.108. The molecule has 58 heteroatoms. The number of aliphatic imine (C=N–C) groups is 1. The number of nitrogens with one attached hydrogen (secondary N) is 8. The zero-order chi connectivity index (χ0) is 82.4. The lowest BCUT2D eigenvalue weighted by Gasteiger charge is -2.21. The molecule has 7 aromatic heterocycles. The summed E-state index contributed by atoms with van der Waals surface area (Å²) < 4.78 is 108. The third-order valence-electron chi connectivity index (χ3n) is 17.6. The van der Waals surface area contributed by atoms with E-state index in [1.165, 1.54) is 32.7 Å². The van der Waals surface area contributed by atoms with E-state index in [0.29, 0.717) is 17.5 Å². The predicted octanol–water partition coefficient (Wildman–Crippen LogP) is -6.57. The van der Waals surface area contributed by atoms with Crippen molar-refractivity contribution in [2.24, 2.45) is 16.5 Å². The molecule has 0 saturated carbocycles. The van der Waals surface area contributed by atoms with Gasteiger partial charge in [0.05, 0.1) is 76.9 Å². The maximum Gasteiger partial charge on any atom is 0.472 e. The Kier molecular flexibility index (Phi) is 27.2. The van der Waals surface area contributed by atoms with E-state index < -0.39 is 220 Å². The number of phosphoric ester groups is 3. The van der Waals surface area contributed by atoms with Gasteiger partial charge in [-0.1, -0.05) is 0 Å². The second kappa shape index (κ2) is 36.2. The SMILES string of the molecule is Cc1nc2c(ncn2[C@H]2C[C@@H](O)[C@@H](COP(=O)(O)O[C@@H]3C[C@@H](n4cnc(N)nc4=O)OC3CO)O2)c(=O)[nH]1.Cc1nc2c(ncn2[C@H]2C[C@@H](O)[C@@H](COP(=O)(O)O[C@@H]3C[C@H](NC(=O)N=C(N)N)O[C@@H]3CO)O2)c(=O)[nH]1.Cc1nc2c(ncn2[C@H]2C[C@@H](O)[C@@H](COP(=O)(O)O[C@@H]3C[C@H](NC(=O)NC(=N)NC=O)O[C@@H]3CO)O2)c(=O)[nH]1. The molecule has 4 unspecified atom stereocenters. The molecular weight excluding hydrogens is 1600 g/mol. The van der Waals surface area contributed by atoms with Gasteiger partial charge in [-0.2, -0.15) is 9.98 Å². The highest BCUT2D eigenvalue weighted by atomic mass is 31.2. The van der Waals surface area contributed by atoms with Crippen molar-refractivity contribution in [3.63, 3.8) is 0 Å². The van der Waals surface area contributed by atoms with Gasteiger partial charge < -0.3 is 117 Å². The number of hydrogen-bond donors (Lipinski definition) is 20. The molecule has 5 amide bonds. The summed E-state index contributed by atoms with van der Waals surface area (Å²) >= 11 is 0. The van der Waals surface area contributed by atoms with Crippen molar-refractivity contribution < 1.29 is 129 Å². The van der Waals surface area contributed by atoms with Gasteiger partial charge in [0.2, 0.25) is 18.3 Å². The summed E-state index contributed by atoms with van der Waals surface area (Å²) in [6.07, 6.45) is -13.2. The minimum absolute atomic E-state index is 0.0574. The Bertz CT molecular complexity index is 5080. The predicted molar refractivity (Wildman–Crippen MR) is 374 cm³/mol. The van der Waals surface area contributed by atoms with Gasteiger partial charge in [0.25, 0.3) is 16.7 Å². The number of nitrogens with two attached hydrogens (primary N) is 3. The van der Waals surface area contributed by atoms with Crippen LogP contribution in [0.25, 0.3) is 33.5 Å². The van der Waals surface area contributed by atoms with Gasteiger partial charge in [-0.3, -0.25) is 80.6 Å². The van der Waals surface area contributed by atoms with E-state index >= 15 is 0 Å². The van der Waals surface area contributed by atoms with E-state index in [-0.39, 0.29) is 84.4 Å². The van der Waals surface area contributed by atoms with Crippen molar-refractivity contribution in [2.75, 3.05) is 45.4 Å². The molecule has 0 bridgehead atoms. The molecule has 6 saturated heterocycles. The molecule has 6 fully saturated rings. The molecule has 6 aliphatic heterocycles. The second-order valence-electron chi connectivity index (χ2n) is 25.8. The van der Waals surface area contributed by atoms with Crippen LogP contribution in [0.3, 0.4) is 0 Å². The van der Waals surface area contributed by atoms with Crippen LogP contribution in [0.2, 0.25) is 0 Å². The van der Waals surface area contributed by atoms with Crippen LogP contribution in [0.5, 0.6) is 0 Å². The molecule has 0 aliphatic carbocycles. The van der Waals surface area contributed by atoms with Gasteiger partial charge in [0.1, 0.15) is 116 Å². The van der Waals surface area contributed by atoms with E-state index in [2.05, 4.69) is 70.4 Å². The van der Waals surface area contributed by atoms with Crippen LogP contribution in [0, 0.1) is 26.2 Å². The summed E-state index contributed by atoms with van der Waals surface area (Å²) in [6.45, 7) is 1.46. The lowest BCUT2D eigenvalue weighted by atomic mass is 10.2. The monoisotopic (exact) mass is 1680 g/mol. The average Bonchev–Trinajstić information content (AvgIpc) is 1.63. The first-order chi connectivity index (χ1) is 54.0. The first-order valence-electron chi connectivity index (χ1n) is 34.0. The summed E-state index contributed by atoms with van der Waals surface area (Å²) in [5.74, 6) is -0.213. The Balaban J connectivity index is 0.000000169. The number of amides is 5. The number of ether oxygens (including phenoxy) is 6. The molecule has 6 aliphatic rings. The zero-order valence-electron chi connectivity index (χ0n) is 59.7. The van der Waals surface area contributed by atoms with Crippen LogP contribution in [0.15, 0.2) is 49.5 Å². The molecule has 624 valence electrons. The molecular formula is C56H79N24O31P3. The van der Waals surface area contributed by atoms with Crippen molar-refractivity contribution in [2.45, 2.75) is 170 Å². The van der Waals surface area contributed by atoms with Gasteiger partial charge in [-0.15, -0.1) is 0 Å². The number of aryl methyl sites for hydroxylation is 3. The number of rotatable bonds is 25. The highest BCUT2D eigenvalue weighted by molar-refractivity contribution is 7.48. The number of carbonyl (C=O) groups is 3. The first-order valence-corrected chi connectivity index (χ1v) is 38.5. The molecule has 114 heavy (non-hydrogen) atoms. The number of guanidine groups is 2. The number of aromatic amines is 3. The summed E-state index contributed by atoms with van der Waals surface area (Å²) in [4.78, 5) is 156. The Labute approximate surface area is 636 Å². The van der Waals surface area contributed by atoms with Crippen molar-refractivity contribution >= 4 is 93.3 Å². The number of anilines is 1. The van der Waals surface area contributed by atoms with E-state index in [0.717, 1.165) is 10.9 Å². The van der Waals surface area contributed by atoms with Gasteiger partial charge >= 0.3 is 41.2 Å². The highest BCUT2D eigenvalue weighted by Crippen LogP contribution is 2.51. The van der Waals surface area contributed by atoms with Crippen LogP contribution in [0.1, 0.15) is 80.9 Å². The number of urea groups is 2. The van der Waals surface area contributed by atoms with Crippen LogP contribution >= 0.6 is 23.5 Å². The van der Waals surface area contributed by atoms with Crippen LogP contribution in [-0.2, 0) is 74.1 Å². The fraction of sp³-hybridized carbons (Fsp3) is 0.589. The number of hydrogen-bond acceptors (Lipinski definition) is 38. The van der Waals surface area contributed by atoms with Crippen molar-refractivity contribution in [3.8, 4) is 0 Å². The number of nitrogen functional groups attached to an aromatic ring is 1. The van der Waals surface area contributed by atoms with Gasteiger partial charge in [0.15, 0.2) is 39.5 Å². The summed E-state index contributed by atoms with van der Waals surface area (Å²) in [7, 11) is -14.2. The number of aliphatic hydroxyl groups excluding tert-OH is 6. The first kappa shape index (κ1) is 85.5. The van der Waals surface area contributed by atoms with E-state index in [4.69, 9.17) is 78.2 Å². The number of H-pyrrole nitrogens is 3. The number of nitrogens with zero attached hydrogens (tertiary/aromatic N) is 13. The largest absolute Gasteiger partial charge is 0.472 e. The number of aliphatic hydroxyl groups is 6. The minimum Gasteiger partial charge on any atom is -0.394 e. The fourth-order valence-electron chi connectivity index (χ4n) is 12.5. The Morgan fingerprint density at radius 2 is 0.904 bits per heavy atom. The standard InChI is InChI=1S/C19H27N8O11P.C19H25N8O10P.C18H27N8O10P/c1-8-23-16-15(17(31)24-8)21-6-27(16)14-2-9(30)12(37-14)5-35-39(33,34)38-10-3-13(36-11(10)4-28)25-19(32)26-18(20)22-7-29;1-8-23-16-15(17(30)24-8)21-6-26(16)13-2-9(29)12(36-13)5-34-38(32,33)37-10-3-14(35-11(10)4-28)27-7-22-18(20)25-19(27)31;1-7-22-15-14(16(29)23-7)21-6-26(15)13-2-8(28)11(35-13)5-33-37(31,32)36-9-3-12(34-10(9)4-27)24-18(30)25-17(19)20/h6-7,9-14,28,30H,2-5H2,1H3,(H,33,34)(H,23,24,31)(H4,20,22,25,26,29,32);6-7,9-14,28-29H,2-5H2,1H3,(H,32,33)(H2,20,25,31)(H,23,24,30);6,8-13,27-28H,2-5H2,1H3,(H,31,32)(H,22,23,29)(H5,19,20,24,25,30)/t9-,10-,11-,12-,13-,14-;9-,10-,11?,12-,13-,14+;8-,9-,10-,11-,12-,13-/m111/s1. The van der Waals surface area contributed by atoms with Crippen molar-refractivity contribution in [3.05, 3.63) is 84.3 Å². The average molecular weight is 1680 g/mol. The summed E-state index contributed by atoms with van der Waals surface area (Å²) in [5.41, 5.74) is 14.6. The second-order valence-corrected chi connectivity index (χ2v) is 30.0. The van der Waals surface area contributed by atoms with Crippen molar-refractivity contribution in [1.29, 1.82) is 5.41 Å². The molecule has 13 heterocycles. The van der Waals surface area contributed by atoms with Gasteiger partial charge in [0, 0.05) is 38.5 Å². The molecule has 23 N–H and O–H groups in total. The highest BCUT2D eigenvalue weighted by Gasteiger charge is 2.48. The van der Waals surface area contributed by atoms with Gasteiger partial charge in [-0.05, 0) is 20.8 Å². The van der Waals surface area contributed by atoms with Crippen LogP contribution in [-0.4, -0.2) is 274 Å². The van der Waals surface area contributed by atoms with E-state index in [9.17, 15) is 92.6 Å². The van der Waals surface area contributed by atoms with Crippen LogP contribution in [0.4, 0.5) is 15.5 Å². The summed E-state index contributed by atoms with van der Waals surface area (Å²) in [6, 6.07) is -1.82. The smallest absolute Gasteiger partial charge is 0.394 e. The third kappa shape index (κ3) is 21.0. The number of imidazole rings is 3. The lowest BCUT2D eigenvalue weighted by Crippen LogP contribution is -2.48. The maximum atomic E-state index is 12.7. The molecule has 0 spiro atoms. The van der Waals surface area contributed by atoms with E-state index in [1.807, 2.05) is 10.6 Å². The molecule has 55 nitrogen and oxygen atoms in total. The Morgan fingerprint density at radius 1 is 0.553 bits per heavy atom. The van der Waals surface area contributed by atoms with Crippen LogP contribution < -0.4 is 60.8 Å². The Hall–Kier alpha value is -9.34. The summed E-state index contributed by atoms with van der Waals surface area (Å²) in [5, 5.41) is 75.9.